The number of carbonyl (C=O) groups is 1. The third-order valence-corrected chi connectivity index (χ3v) is 13.5. The topological polar surface area (TPSA) is 121 Å². The van der Waals surface area contributed by atoms with Gasteiger partial charge in [0.25, 0.3) is 0 Å². The van der Waals surface area contributed by atoms with Crippen molar-refractivity contribution in [1.82, 2.24) is 19.0 Å². The molecule has 13 heteroatoms. The molecule has 3 saturated heterocycles. The fourth-order valence-corrected chi connectivity index (χ4v) is 10.4. The zero-order chi connectivity index (χ0) is 39.3. The molecule has 304 valence electrons. The summed E-state index contributed by atoms with van der Waals surface area (Å²) in [5, 5.41) is 11.5. The summed E-state index contributed by atoms with van der Waals surface area (Å²) in [6, 6.07) is 7.84. The first-order chi connectivity index (χ1) is 24.8. The normalized spacial score (nSPS) is 36.0. The van der Waals surface area contributed by atoms with E-state index in [9.17, 15) is 18.3 Å². The van der Waals surface area contributed by atoms with Crippen molar-refractivity contribution in [3.05, 3.63) is 30.3 Å². The molecule has 1 aromatic rings. The van der Waals surface area contributed by atoms with Crippen LogP contribution in [0.4, 0.5) is 0 Å². The summed E-state index contributed by atoms with van der Waals surface area (Å²) in [6.45, 7) is 19.9. The molecule has 3 aliphatic rings. The summed E-state index contributed by atoms with van der Waals surface area (Å²) in [4.78, 5) is 21.0. The lowest BCUT2D eigenvalue weighted by molar-refractivity contribution is -0.298. The van der Waals surface area contributed by atoms with Gasteiger partial charge in [0.05, 0.1) is 35.4 Å². The molecule has 53 heavy (non-hydrogen) atoms. The average Bonchev–Trinajstić information content (AvgIpc) is 3.10. The summed E-state index contributed by atoms with van der Waals surface area (Å²) in [7, 11) is 2.05. The number of sulfonamides is 1. The molecule has 1 N–H and O–H groups in total. The van der Waals surface area contributed by atoms with Crippen LogP contribution >= 0.6 is 0 Å². The van der Waals surface area contributed by atoms with Gasteiger partial charge in [-0.05, 0) is 96.5 Å². The largest absolute Gasteiger partial charge is 0.386 e. The lowest BCUT2D eigenvalue weighted by Gasteiger charge is -2.47. The van der Waals surface area contributed by atoms with Crippen molar-refractivity contribution in [2.24, 2.45) is 17.3 Å². The molecule has 1 aromatic carbocycles. The van der Waals surface area contributed by atoms with E-state index in [4.69, 9.17) is 18.9 Å². The molecule has 3 fully saturated rings. The minimum absolute atomic E-state index is 0.0142. The highest BCUT2D eigenvalue weighted by atomic mass is 32.2. The standard InChI is InChI=1S/C40H70N4O8S/c1-12-18-43-26-28(2)24-40(8,49-11)36(52-38-35(45)33(41(9)10)23-30(4)51-38)29(3)25-39(6,7)27-50-31(5)34(43)37(46)42-19-21-44(22-20-42)53(47,48)32-16-14-13-15-17-32/h13-17,28-31,33-36,38,45H,12,18-27H2,1-11H3/t28-,29-,30-,31+,33+,34-,35-,36-,38+,40-/m1/s1. The van der Waals surface area contributed by atoms with E-state index in [1.807, 2.05) is 37.7 Å². The Hall–Kier alpha value is -1.68. The van der Waals surface area contributed by atoms with Gasteiger partial charge in [-0.15, -0.1) is 0 Å². The quantitative estimate of drug-likeness (QED) is 0.390. The maximum Gasteiger partial charge on any atom is 0.243 e. The molecular formula is C40H70N4O8S. The summed E-state index contributed by atoms with van der Waals surface area (Å²) in [5.41, 5.74) is -1.01. The number of amides is 1. The van der Waals surface area contributed by atoms with E-state index in [2.05, 4.69) is 46.4 Å². The fourth-order valence-electron chi connectivity index (χ4n) is 9.00. The van der Waals surface area contributed by atoms with Crippen molar-refractivity contribution in [1.29, 1.82) is 0 Å². The first-order valence-electron chi connectivity index (χ1n) is 19.7. The maximum absolute atomic E-state index is 14.6. The smallest absolute Gasteiger partial charge is 0.243 e. The van der Waals surface area contributed by atoms with Crippen LogP contribution in [0.2, 0.25) is 0 Å². The molecular weight excluding hydrogens is 697 g/mol. The highest BCUT2D eigenvalue weighted by molar-refractivity contribution is 7.89. The van der Waals surface area contributed by atoms with E-state index < -0.39 is 46.3 Å². The Morgan fingerprint density at radius 3 is 2.25 bits per heavy atom. The number of methoxy groups -OCH3 is 1. The minimum atomic E-state index is -3.65. The Bertz CT molecular complexity index is 1410. The van der Waals surface area contributed by atoms with Crippen LogP contribution in [0.1, 0.15) is 81.1 Å². The number of aliphatic hydroxyl groups is 1. The van der Waals surface area contributed by atoms with E-state index in [1.54, 1.807) is 37.4 Å². The number of carbonyl (C=O) groups excluding carboxylic acids is 1. The van der Waals surface area contributed by atoms with Crippen LogP contribution in [0, 0.1) is 17.3 Å². The van der Waals surface area contributed by atoms with Crippen LogP contribution < -0.4 is 0 Å². The molecule has 0 bridgehead atoms. The van der Waals surface area contributed by atoms with Gasteiger partial charge < -0.3 is 33.9 Å². The molecule has 0 radical (unpaired) electrons. The second kappa shape index (κ2) is 18.5. The molecule has 0 aliphatic carbocycles. The number of benzene rings is 1. The molecule has 0 saturated carbocycles. The van der Waals surface area contributed by atoms with Crippen molar-refractivity contribution in [2.75, 3.05) is 67.1 Å². The van der Waals surface area contributed by atoms with Gasteiger partial charge in [0.2, 0.25) is 15.9 Å². The molecule has 0 unspecified atom stereocenters. The second-order valence-corrected chi connectivity index (χ2v) is 19.2. The van der Waals surface area contributed by atoms with Gasteiger partial charge in [-0.25, -0.2) is 8.42 Å². The van der Waals surface area contributed by atoms with Crippen molar-refractivity contribution in [3.8, 4) is 0 Å². The predicted molar refractivity (Wildman–Crippen MR) is 207 cm³/mol. The lowest BCUT2D eigenvalue weighted by atomic mass is 9.75. The number of nitrogens with zero attached hydrogens (tertiary/aromatic N) is 4. The molecule has 4 rings (SSSR count). The number of likely N-dealkylation sites (N-methyl/N-ethyl adjacent to an activating group) is 1. The van der Waals surface area contributed by atoms with Gasteiger partial charge in [0, 0.05) is 45.9 Å². The van der Waals surface area contributed by atoms with Crippen LogP contribution in [0.3, 0.4) is 0 Å². The SMILES string of the molecule is CCCN1C[C@H](C)C[C@@](C)(OC)[C@H](O[C@@H]2O[C@H](C)C[C@H](N(C)C)[C@H]2O)[C@H](C)CC(C)(C)CO[C@@H](C)[C@@H]1C(=O)N1CCN(S(=O)(=O)c2ccccc2)CC1. The third kappa shape index (κ3) is 10.8. The van der Waals surface area contributed by atoms with E-state index >= 15 is 0 Å². The van der Waals surface area contributed by atoms with Crippen molar-refractivity contribution < 1.29 is 37.3 Å². The third-order valence-electron chi connectivity index (χ3n) is 11.6. The highest BCUT2D eigenvalue weighted by Gasteiger charge is 2.48. The van der Waals surface area contributed by atoms with E-state index in [-0.39, 0.29) is 53.3 Å². The van der Waals surface area contributed by atoms with Crippen LogP contribution in [-0.4, -0.2) is 154 Å². The number of ether oxygens (including phenoxy) is 4. The predicted octanol–water partition coefficient (Wildman–Crippen LogP) is 4.31. The van der Waals surface area contributed by atoms with Gasteiger partial charge in [0.1, 0.15) is 12.1 Å². The van der Waals surface area contributed by atoms with Crippen LogP contribution in [0.5, 0.6) is 0 Å². The molecule has 0 spiro atoms. The fraction of sp³-hybridized carbons (Fsp3) is 0.825. The first-order valence-corrected chi connectivity index (χ1v) is 21.2. The second-order valence-electron chi connectivity index (χ2n) is 17.3. The maximum atomic E-state index is 14.6. The van der Waals surface area contributed by atoms with Crippen LogP contribution in [0.25, 0.3) is 0 Å². The Balaban J connectivity index is 1.60. The zero-order valence-electron chi connectivity index (χ0n) is 34.4. The summed E-state index contributed by atoms with van der Waals surface area (Å²) in [5.74, 6) is 0.0829. The van der Waals surface area contributed by atoms with Gasteiger partial charge in [-0.3, -0.25) is 9.69 Å². The van der Waals surface area contributed by atoms with Gasteiger partial charge in [0.15, 0.2) is 6.29 Å². The van der Waals surface area contributed by atoms with E-state index in [0.717, 1.165) is 12.8 Å². The number of aliphatic hydroxyl groups excluding tert-OH is 1. The van der Waals surface area contributed by atoms with E-state index in [0.29, 0.717) is 45.6 Å². The Kier molecular flexibility index (Phi) is 15.4. The van der Waals surface area contributed by atoms with Gasteiger partial charge >= 0.3 is 0 Å². The number of piperazine rings is 1. The van der Waals surface area contributed by atoms with Crippen molar-refractivity contribution >= 4 is 15.9 Å². The molecule has 3 heterocycles. The van der Waals surface area contributed by atoms with Crippen LogP contribution in [0.15, 0.2) is 35.2 Å². The monoisotopic (exact) mass is 766 g/mol. The number of rotatable bonds is 9. The summed E-state index contributed by atoms with van der Waals surface area (Å²) in [6.07, 6.45) is 0.465. The van der Waals surface area contributed by atoms with Crippen molar-refractivity contribution in [3.63, 3.8) is 0 Å². The van der Waals surface area contributed by atoms with Crippen molar-refractivity contribution in [2.45, 2.75) is 134 Å². The summed E-state index contributed by atoms with van der Waals surface area (Å²) < 4.78 is 54.5. The van der Waals surface area contributed by atoms with E-state index in [1.165, 1.54) is 4.31 Å². The summed E-state index contributed by atoms with van der Waals surface area (Å²) >= 11 is 0. The van der Waals surface area contributed by atoms with Gasteiger partial charge in [-0.1, -0.05) is 52.8 Å². The molecule has 1 amide bonds. The van der Waals surface area contributed by atoms with Gasteiger partial charge in [-0.2, -0.15) is 4.31 Å². The average molecular weight is 767 g/mol. The zero-order valence-corrected chi connectivity index (χ0v) is 35.2. The molecule has 0 aromatic heterocycles. The number of hydrogen-bond donors (Lipinski definition) is 1. The lowest BCUT2D eigenvalue weighted by Crippen LogP contribution is -2.60. The highest BCUT2D eigenvalue weighted by Crippen LogP contribution is 2.40. The Morgan fingerprint density at radius 1 is 1.02 bits per heavy atom. The number of hydrogen-bond acceptors (Lipinski definition) is 10. The van der Waals surface area contributed by atoms with Crippen LogP contribution in [-0.2, 0) is 33.8 Å². The first kappa shape index (κ1) is 44.0. The molecule has 12 nitrogen and oxygen atoms in total. The molecule has 10 atom stereocenters. The minimum Gasteiger partial charge on any atom is -0.386 e. The Labute approximate surface area is 320 Å². The Morgan fingerprint density at radius 2 is 1.66 bits per heavy atom. The molecule has 3 aliphatic heterocycles.